The molecule has 0 saturated carbocycles. The van der Waals surface area contributed by atoms with Gasteiger partial charge < -0.3 is 14.2 Å². The van der Waals surface area contributed by atoms with E-state index in [1.165, 1.54) is 26.6 Å². The lowest BCUT2D eigenvalue weighted by molar-refractivity contribution is 0.0529. The van der Waals surface area contributed by atoms with Crippen molar-refractivity contribution in [3.63, 3.8) is 0 Å². The first-order valence-corrected chi connectivity index (χ1v) is 10.5. The van der Waals surface area contributed by atoms with Crippen LogP contribution in [0.15, 0.2) is 60.9 Å². The average molecular weight is 465 g/mol. The number of ketones is 1. The van der Waals surface area contributed by atoms with Crippen molar-refractivity contribution in [3.05, 3.63) is 82.8 Å². The van der Waals surface area contributed by atoms with Gasteiger partial charge >= 0.3 is 5.97 Å². The molecule has 2 aromatic carbocycles. The summed E-state index contributed by atoms with van der Waals surface area (Å²) >= 11 is 5.99. The average Bonchev–Trinajstić information content (AvgIpc) is 3.22. The molecular weight excluding hydrogens is 444 g/mol. The van der Waals surface area contributed by atoms with Crippen LogP contribution < -0.4 is 9.47 Å². The summed E-state index contributed by atoms with van der Waals surface area (Å²) in [6.07, 6.45) is 1.52. The summed E-state index contributed by atoms with van der Waals surface area (Å²) in [4.78, 5) is 30.7. The third kappa shape index (κ3) is 4.40. The number of aromatic nitrogens is 2. The maximum absolute atomic E-state index is 13.5. The Labute approximate surface area is 195 Å². The number of esters is 1. The number of halogens is 1. The number of rotatable bonds is 7. The summed E-state index contributed by atoms with van der Waals surface area (Å²) in [5.41, 5.74) is 2.84. The van der Waals surface area contributed by atoms with Gasteiger partial charge in [-0.1, -0.05) is 23.7 Å². The Hall–Kier alpha value is -3.84. The van der Waals surface area contributed by atoms with Gasteiger partial charge in [-0.15, -0.1) is 0 Å². The quantitative estimate of drug-likeness (QED) is 0.280. The van der Waals surface area contributed by atoms with Crippen molar-refractivity contribution in [2.24, 2.45) is 0 Å². The molecule has 0 radical (unpaired) electrons. The second-order valence-corrected chi connectivity index (χ2v) is 7.57. The molecule has 4 aromatic rings. The highest BCUT2D eigenvalue weighted by atomic mass is 35.5. The summed E-state index contributed by atoms with van der Waals surface area (Å²) in [7, 11) is 3.02. The van der Waals surface area contributed by atoms with E-state index >= 15 is 0 Å². The second-order valence-electron chi connectivity index (χ2n) is 7.13. The van der Waals surface area contributed by atoms with E-state index in [0.717, 1.165) is 5.56 Å². The topological polar surface area (TPSA) is 79.1 Å². The van der Waals surface area contributed by atoms with Crippen LogP contribution in [0.5, 0.6) is 11.5 Å². The van der Waals surface area contributed by atoms with Crippen LogP contribution in [0.3, 0.4) is 0 Å². The minimum Gasteiger partial charge on any atom is -0.497 e. The summed E-state index contributed by atoms with van der Waals surface area (Å²) in [6, 6.07) is 15.4. The van der Waals surface area contributed by atoms with Crippen LogP contribution in [0.4, 0.5) is 0 Å². The maximum atomic E-state index is 13.5. The molecule has 0 fully saturated rings. The van der Waals surface area contributed by atoms with Crippen LogP contribution in [0.25, 0.3) is 16.8 Å². The van der Waals surface area contributed by atoms with E-state index in [4.69, 9.17) is 25.8 Å². The van der Waals surface area contributed by atoms with Gasteiger partial charge in [-0.25, -0.2) is 9.78 Å². The molecule has 0 N–H and O–H groups in total. The lowest BCUT2D eigenvalue weighted by Crippen LogP contribution is -2.06. The molecule has 8 heteroatoms. The first-order chi connectivity index (χ1) is 15.9. The van der Waals surface area contributed by atoms with E-state index in [-0.39, 0.29) is 23.6 Å². The molecular formula is C25H21ClN2O5. The lowest BCUT2D eigenvalue weighted by atomic mass is 10.1. The van der Waals surface area contributed by atoms with Gasteiger partial charge in [0, 0.05) is 22.2 Å². The number of hydrogen-bond donors (Lipinski definition) is 0. The molecule has 168 valence electrons. The highest BCUT2D eigenvalue weighted by molar-refractivity contribution is 6.30. The van der Waals surface area contributed by atoms with Crippen LogP contribution in [-0.4, -0.2) is 42.0 Å². The van der Waals surface area contributed by atoms with E-state index in [9.17, 15) is 9.59 Å². The number of ether oxygens (including phenoxy) is 3. The van der Waals surface area contributed by atoms with Gasteiger partial charge in [-0.05, 0) is 43.3 Å². The van der Waals surface area contributed by atoms with E-state index in [2.05, 4.69) is 4.98 Å². The molecule has 0 atom stereocenters. The minimum atomic E-state index is -0.523. The van der Waals surface area contributed by atoms with Gasteiger partial charge in [-0.3, -0.25) is 9.20 Å². The molecule has 0 bridgehead atoms. The van der Waals surface area contributed by atoms with Gasteiger partial charge in [0.05, 0.1) is 43.3 Å². The van der Waals surface area contributed by atoms with Crippen molar-refractivity contribution < 1.29 is 23.8 Å². The number of fused-ring (bicyclic) bond motifs is 1. The van der Waals surface area contributed by atoms with Crippen molar-refractivity contribution in [3.8, 4) is 22.8 Å². The molecule has 7 nitrogen and oxygen atoms in total. The normalized spacial score (nSPS) is 10.8. The summed E-state index contributed by atoms with van der Waals surface area (Å²) < 4.78 is 17.4. The Kier molecular flexibility index (Phi) is 6.33. The maximum Gasteiger partial charge on any atom is 0.340 e. The minimum absolute atomic E-state index is 0.210. The molecule has 0 aliphatic carbocycles. The van der Waals surface area contributed by atoms with Crippen molar-refractivity contribution in [2.45, 2.75) is 6.92 Å². The Morgan fingerprint density at radius 2 is 1.64 bits per heavy atom. The summed E-state index contributed by atoms with van der Waals surface area (Å²) in [5.74, 6) is 0.115. The SMILES string of the molecule is CCOC(=O)c1cc(C(=O)c2cc(OC)cc(OC)c2)n2cnc(-c3ccc(Cl)cc3)cc12. The Morgan fingerprint density at radius 1 is 0.970 bits per heavy atom. The largest absolute Gasteiger partial charge is 0.497 e. The Bertz CT molecular complexity index is 1320. The molecule has 33 heavy (non-hydrogen) atoms. The van der Waals surface area contributed by atoms with Crippen molar-refractivity contribution in [1.29, 1.82) is 0 Å². The van der Waals surface area contributed by atoms with Crippen molar-refractivity contribution in [1.82, 2.24) is 9.38 Å². The predicted molar refractivity (Wildman–Crippen MR) is 125 cm³/mol. The predicted octanol–water partition coefficient (Wildman–Crippen LogP) is 5.08. The fraction of sp³-hybridized carbons (Fsp3) is 0.160. The van der Waals surface area contributed by atoms with E-state index in [1.807, 2.05) is 12.1 Å². The summed E-state index contributed by atoms with van der Waals surface area (Å²) in [5, 5.41) is 0.608. The zero-order valence-electron chi connectivity index (χ0n) is 18.3. The fourth-order valence-electron chi connectivity index (χ4n) is 3.51. The number of carbonyl (C=O) groups excluding carboxylic acids is 2. The number of nitrogens with zero attached hydrogens (tertiary/aromatic N) is 2. The van der Waals surface area contributed by atoms with Gasteiger partial charge in [-0.2, -0.15) is 0 Å². The molecule has 0 aliphatic heterocycles. The fourth-order valence-corrected chi connectivity index (χ4v) is 3.64. The molecule has 0 saturated heterocycles. The zero-order valence-corrected chi connectivity index (χ0v) is 19.1. The second kappa shape index (κ2) is 9.34. The van der Waals surface area contributed by atoms with Crippen molar-refractivity contribution in [2.75, 3.05) is 20.8 Å². The molecule has 0 amide bonds. The van der Waals surface area contributed by atoms with Gasteiger partial charge in [0.2, 0.25) is 5.78 Å². The van der Waals surface area contributed by atoms with E-state index < -0.39 is 5.97 Å². The van der Waals surface area contributed by atoms with E-state index in [1.54, 1.807) is 47.7 Å². The number of carbonyl (C=O) groups is 2. The number of benzene rings is 2. The highest BCUT2D eigenvalue weighted by Gasteiger charge is 2.23. The van der Waals surface area contributed by atoms with Gasteiger partial charge in [0.25, 0.3) is 0 Å². The monoisotopic (exact) mass is 464 g/mol. The molecule has 0 unspecified atom stereocenters. The van der Waals surface area contributed by atoms with Crippen LogP contribution in [0.2, 0.25) is 5.02 Å². The molecule has 0 aliphatic rings. The van der Waals surface area contributed by atoms with Gasteiger partial charge in [0.15, 0.2) is 0 Å². The highest BCUT2D eigenvalue weighted by Crippen LogP contribution is 2.28. The van der Waals surface area contributed by atoms with Crippen LogP contribution in [0.1, 0.15) is 33.3 Å². The number of methoxy groups -OCH3 is 2. The zero-order chi connectivity index (χ0) is 23.5. The summed E-state index contributed by atoms with van der Waals surface area (Å²) in [6.45, 7) is 1.94. The smallest absolute Gasteiger partial charge is 0.340 e. The first kappa shape index (κ1) is 22.4. The Balaban J connectivity index is 1.87. The molecule has 4 rings (SSSR count). The third-order valence-electron chi connectivity index (χ3n) is 5.14. The molecule has 2 heterocycles. The third-order valence-corrected chi connectivity index (χ3v) is 5.40. The molecule has 0 spiro atoms. The lowest BCUT2D eigenvalue weighted by Gasteiger charge is -2.08. The molecule has 2 aromatic heterocycles. The van der Waals surface area contributed by atoms with Gasteiger partial charge in [0.1, 0.15) is 17.8 Å². The first-order valence-electron chi connectivity index (χ1n) is 10.2. The Morgan fingerprint density at radius 3 is 2.24 bits per heavy atom. The van der Waals surface area contributed by atoms with E-state index in [0.29, 0.717) is 33.3 Å². The standard InChI is InChI=1S/C25H21ClN2O5/c1-4-33-25(30)20-12-23(24(29)16-9-18(31-2)11-19(10-16)32-3)28-14-27-21(13-22(20)28)15-5-7-17(26)8-6-15/h5-14H,4H2,1-3H3. The number of hydrogen-bond acceptors (Lipinski definition) is 6. The van der Waals surface area contributed by atoms with Crippen LogP contribution in [-0.2, 0) is 4.74 Å². The van der Waals surface area contributed by atoms with Crippen molar-refractivity contribution >= 4 is 28.9 Å². The van der Waals surface area contributed by atoms with Crippen LogP contribution >= 0.6 is 11.6 Å². The van der Waals surface area contributed by atoms with Crippen LogP contribution in [0, 0.1) is 0 Å².